The van der Waals surface area contributed by atoms with Gasteiger partial charge in [-0.25, -0.2) is 4.98 Å². The summed E-state index contributed by atoms with van der Waals surface area (Å²) in [5.74, 6) is 0.914. The van der Waals surface area contributed by atoms with Crippen molar-refractivity contribution in [1.29, 1.82) is 0 Å². The third-order valence-corrected chi connectivity index (χ3v) is 4.05. The van der Waals surface area contributed by atoms with Gasteiger partial charge in [-0.15, -0.1) is 0 Å². The van der Waals surface area contributed by atoms with Crippen LogP contribution in [0.5, 0.6) is 5.75 Å². The van der Waals surface area contributed by atoms with Crippen molar-refractivity contribution in [2.45, 2.75) is 32.2 Å². The number of hydrogen-bond acceptors (Lipinski definition) is 2. The monoisotopic (exact) mass is 320 g/mol. The quantitative estimate of drug-likeness (QED) is 0.860. The summed E-state index contributed by atoms with van der Waals surface area (Å²) < 4.78 is 9.07. The molecule has 0 amide bonds. The molecule has 2 aromatic rings. The number of halogens is 1. The number of aromatic nitrogens is 2. The average molecular weight is 321 g/mol. The lowest BCUT2D eigenvalue weighted by molar-refractivity contribution is 0.296. The molecule has 1 aromatic heterocycles. The second-order valence-electron chi connectivity index (χ2n) is 4.84. The second-order valence-corrected chi connectivity index (χ2v) is 5.76. The Morgan fingerprint density at radius 2 is 1.95 bits per heavy atom. The maximum Gasteiger partial charge on any atom is 0.119 e. The van der Waals surface area contributed by atoms with Gasteiger partial charge in [0.25, 0.3) is 0 Å². The predicted molar refractivity (Wildman–Crippen MR) is 78.5 cm³/mol. The first-order valence-electron chi connectivity index (χ1n) is 6.74. The Hall–Kier alpha value is -1.29. The number of fused-ring (bicyclic) bond motifs is 1. The van der Waals surface area contributed by atoms with E-state index >= 15 is 0 Å². The molecule has 0 unspecified atom stereocenters. The number of hydrogen-bond donors (Lipinski definition) is 0. The molecule has 100 valence electrons. The summed E-state index contributed by atoms with van der Waals surface area (Å²) in [4.78, 5) is 4.50. The molecular formula is C15H17BrN2O. The lowest BCUT2D eigenvalue weighted by Crippen LogP contribution is -2.12. The maximum atomic E-state index is 5.76. The smallest absolute Gasteiger partial charge is 0.119 e. The zero-order chi connectivity index (χ0) is 13.1. The fourth-order valence-corrected chi connectivity index (χ4v) is 2.78. The second kappa shape index (κ2) is 5.78. The fraction of sp³-hybridized carbons (Fsp3) is 0.400. The molecule has 0 bridgehead atoms. The molecule has 0 aliphatic heterocycles. The zero-order valence-electron chi connectivity index (χ0n) is 10.8. The predicted octanol–water partition coefficient (Wildman–Crippen LogP) is 3.60. The Morgan fingerprint density at radius 1 is 1.16 bits per heavy atom. The van der Waals surface area contributed by atoms with E-state index in [2.05, 4.69) is 25.5 Å². The summed E-state index contributed by atoms with van der Waals surface area (Å²) in [6.45, 7) is 1.56. The summed E-state index contributed by atoms with van der Waals surface area (Å²) in [5.41, 5.74) is 2.69. The summed E-state index contributed by atoms with van der Waals surface area (Å²) in [7, 11) is 0. The van der Waals surface area contributed by atoms with E-state index in [9.17, 15) is 0 Å². The molecular weight excluding hydrogens is 304 g/mol. The first-order valence-corrected chi connectivity index (χ1v) is 7.53. The molecule has 0 radical (unpaired) electrons. The Balaban J connectivity index is 1.57. The summed E-state index contributed by atoms with van der Waals surface area (Å²) >= 11 is 3.42. The Bertz CT molecular complexity index is 548. The van der Waals surface area contributed by atoms with Gasteiger partial charge in [0.2, 0.25) is 0 Å². The highest BCUT2D eigenvalue weighted by Gasteiger charge is 2.14. The van der Waals surface area contributed by atoms with Crippen molar-refractivity contribution < 1.29 is 4.74 Å². The molecule has 0 atom stereocenters. The van der Waals surface area contributed by atoms with Gasteiger partial charge in [-0.3, -0.25) is 0 Å². The lowest BCUT2D eigenvalue weighted by Gasteiger charge is -2.14. The van der Waals surface area contributed by atoms with Crippen LogP contribution in [0.25, 0.3) is 0 Å². The van der Waals surface area contributed by atoms with E-state index < -0.39 is 0 Å². The van der Waals surface area contributed by atoms with E-state index in [-0.39, 0.29) is 0 Å². The Morgan fingerprint density at radius 3 is 2.79 bits per heavy atom. The van der Waals surface area contributed by atoms with Crippen molar-refractivity contribution >= 4 is 15.9 Å². The van der Waals surface area contributed by atoms with Gasteiger partial charge >= 0.3 is 0 Å². The van der Waals surface area contributed by atoms with Crippen LogP contribution in [-0.4, -0.2) is 16.2 Å². The molecule has 0 saturated heterocycles. The van der Waals surface area contributed by atoms with Crippen LogP contribution in [0.2, 0.25) is 0 Å². The molecule has 0 fully saturated rings. The summed E-state index contributed by atoms with van der Waals surface area (Å²) in [6, 6.07) is 7.95. The average Bonchev–Trinajstić information content (AvgIpc) is 2.85. The minimum atomic E-state index is 0.685. The highest BCUT2D eigenvalue weighted by molar-refractivity contribution is 9.10. The van der Waals surface area contributed by atoms with Crippen LogP contribution in [0.15, 0.2) is 35.1 Å². The van der Waals surface area contributed by atoms with Crippen LogP contribution in [0.1, 0.15) is 24.2 Å². The molecule has 0 spiro atoms. The van der Waals surface area contributed by atoms with Gasteiger partial charge in [-0.1, -0.05) is 15.9 Å². The first-order chi connectivity index (χ1) is 9.33. The molecule has 1 aliphatic rings. The zero-order valence-corrected chi connectivity index (χ0v) is 12.4. The highest BCUT2D eigenvalue weighted by Crippen LogP contribution is 2.20. The van der Waals surface area contributed by atoms with Crippen LogP contribution >= 0.6 is 15.9 Å². The summed E-state index contributed by atoms with van der Waals surface area (Å²) in [5, 5.41) is 0. The van der Waals surface area contributed by atoms with Gasteiger partial charge in [0.05, 0.1) is 18.6 Å². The number of benzene rings is 1. The molecule has 3 rings (SSSR count). The molecule has 3 nitrogen and oxygen atoms in total. The van der Waals surface area contributed by atoms with E-state index in [1.54, 1.807) is 0 Å². The van der Waals surface area contributed by atoms with Crippen molar-refractivity contribution in [3.05, 3.63) is 46.5 Å². The third kappa shape index (κ3) is 3.00. The van der Waals surface area contributed by atoms with E-state index in [1.165, 1.54) is 24.2 Å². The normalized spacial score (nSPS) is 14.2. The highest BCUT2D eigenvalue weighted by atomic mass is 79.9. The number of rotatable bonds is 4. The molecule has 1 aliphatic carbocycles. The molecule has 19 heavy (non-hydrogen) atoms. The number of nitrogens with zero attached hydrogens (tertiary/aromatic N) is 2. The lowest BCUT2D eigenvalue weighted by atomic mass is 10.0. The minimum absolute atomic E-state index is 0.685. The number of aryl methyl sites for hydroxylation is 1. The van der Waals surface area contributed by atoms with E-state index in [0.29, 0.717) is 6.61 Å². The standard InChI is InChI=1S/C15H17BrN2O/c16-12-5-7-13(8-6-12)19-10-9-18-11-17-14-3-1-2-4-15(14)18/h5-8,11H,1-4,9-10H2. The number of ether oxygens (including phenoxy) is 1. The first kappa shape index (κ1) is 12.7. The van der Waals surface area contributed by atoms with E-state index in [4.69, 9.17) is 4.74 Å². The van der Waals surface area contributed by atoms with E-state index in [1.807, 2.05) is 30.6 Å². The van der Waals surface area contributed by atoms with Gasteiger partial charge < -0.3 is 9.30 Å². The van der Waals surface area contributed by atoms with Gasteiger partial charge in [0, 0.05) is 10.2 Å². The van der Waals surface area contributed by atoms with Gasteiger partial charge in [-0.05, 0) is 49.9 Å². The third-order valence-electron chi connectivity index (χ3n) is 3.52. The Labute approximate surface area is 121 Å². The van der Waals surface area contributed by atoms with E-state index in [0.717, 1.165) is 29.6 Å². The molecule has 4 heteroatoms. The molecule has 0 saturated carbocycles. The Kier molecular flexibility index (Phi) is 3.87. The van der Waals surface area contributed by atoms with Crippen molar-refractivity contribution in [1.82, 2.24) is 9.55 Å². The summed E-state index contributed by atoms with van der Waals surface area (Å²) in [6.07, 6.45) is 6.82. The van der Waals surface area contributed by atoms with Crippen LogP contribution in [0.3, 0.4) is 0 Å². The molecule has 1 heterocycles. The van der Waals surface area contributed by atoms with Crippen LogP contribution in [0.4, 0.5) is 0 Å². The van der Waals surface area contributed by atoms with Crippen molar-refractivity contribution in [3.63, 3.8) is 0 Å². The fourth-order valence-electron chi connectivity index (χ4n) is 2.52. The maximum absolute atomic E-state index is 5.76. The minimum Gasteiger partial charge on any atom is -0.492 e. The topological polar surface area (TPSA) is 27.1 Å². The van der Waals surface area contributed by atoms with Gasteiger partial charge in [0.15, 0.2) is 0 Å². The van der Waals surface area contributed by atoms with Crippen molar-refractivity contribution in [2.24, 2.45) is 0 Å². The van der Waals surface area contributed by atoms with Gasteiger partial charge in [0.1, 0.15) is 12.4 Å². The van der Waals surface area contributed by atoms with Gasteiger partial charge in [-0.2, -0.15) is 0 Å². The van der Waals surface area contributed by atoms with Crippen LogP contribution in [-0.2, 0) is 19.4 Å². The van der Waals surface area contributed by atoms with Crippen molar-refractivity contribution in [2.75, 3.05) is 6.61 Å². The molecule has 1 aromatic carbocycles. The number of imidazole rings is 1. The molecule has 0 N–H and O–H groups in total. The SMILES string of the molecule is Brc1ccc(OCCn2cnc3c2CCCC3)cc1. The van der Waals surface area contributed by atoms with Crippen LogP contribution < -0.4 is 4.74 Å². The van der Waals surface area contributed by atoms with Crippen LogP contribution in [0, 0.1) is 0 Å². The largest absolute Gasteiger partial charge is 0.492 e. The van der Waals surface area contributed by atoms with Crippen molar-refractivity contribution in [3.8, 4) is 5.75 Å².